The Morgan fingerprint density at radius 3 is 2.86 bits per heavy atom. The molecule has 1 amide bonds. The van der Waals surface area contributed by atoms with Crippen LogP contribution in [-0.2, 0) is 6.54 Å². The van der Waals surface area contributed by atoms with Crippen LogP contribution in [0.3, 0.4) is 0 Å². The summed E-state index contributed by atoms with van der Waals surface area (Å²) < 4.78 is 6.67. The molecule has 0 fully saturated rings. The highest BCUT2D eigenvalue weighted by atomic mass is 35.5. The van der Waals surface area contributed by atoms with Crippen molar-refractivity contribution in [3.05, 3.63) is 75.5 Å². The third-order valence-electron chi connectivity index (χ3n) is 3.83. The molecule has 0 saturated heterocycles. The molecular weight excluding hydrogens is 403 g/mol. The lowest BCUT2D eigenvalue weighted by Crippen LogP contribution is -2.18. The number of halogens is 2. The van der Waals surface area contributed by atoms with E-state index in [1.54, 1.807) is 47.3 Å². The molecule has 1 heterocycles. The first-order valence-corrected chi connectivity index (χ1v) is 8.89. The van der Waals surface area contributed by atoms with Crippen molar-refractivity contribution >= 4 is 35.3 Å². The van der Waals surface area contributed by atoms with Crippen molar-refractivity contribution in [2.24, 2.45) is 5.10 Å². The number of aromatic nitrogens is 2. The Labute approximate surface area is 171 Å². The minimum absolute atomic E-state index is 0.0166. The van der Waals surface area contributed by atoms with E-state index in [0.717, 1.165) is 5.56 Å². The molecule has 9 heteroatoms. The van der Waals surface area contributed by atoms with Crippen LogP contribution >= 0.6 is 23.2 Å². The number of phenols is 1. The summed E-state index contributed by atoms with van der Waals surface area (Å²) in [5.41, 5.74) is 3.79. The highest BCUT2D eigenvalue weighted by molar-refractivity contribution is 6.35. The first-order chi connectivity index (χ1) is 13.5. The smallest absolute Gasteiger partial charge is 0.291 e. The Kier molecular flexibility index (Phi) is 6.18. The SMILES string of the molecule is COc1ccc(O)c(/C=N\NC(=O)c2ccn(Cc3ccc(Cl)cc3Cl)n2)c1. The van der Waals surface area contributed by atoms with Crippen LogP contribution in [0.4, 0.5) is 0 Å². The summed E-state index contributed by atoms with van der Waals surface area (Å²) in [7, 11) is 1.52. The van der Waals surface area contributed by atoms with Crippen LogP contribution in [0.1, 0.15) is 21.6 Å². The lowest BCUT2D eigenvalue weighted by atomic mass is 10.2. The molecule has 28 heavy (non-hydrogen) atoms. The fourth-order valence-corrected chi connectivity index (χ4v) is 2.84. The van der Waals surface area contributed by atoms with Crippen molar-refractivity contribution in [2.45, 2.75) is 6.54 Å². The summed E-state index contributed by atoms with van der Waals surface area (Å²) in [6, 6.07) is 11.4. The fourth-order valence-electron chi connectivity index (χ4n) is 2.38. The van der Waals surface area contributed by atoms with E-state index < -0.39 is 5.91 Å². The molecule has 0 aliphatic rings. The number of aromatic hydroxyl groups is 1. The van der Waals surface area contributed by atoms with Crippen molar-refractivity contribution in [3.8, 4) is 11.5 Å². The monoisotopic (exact) mass is 418 g/mol. The van der Waals surface area contributed by atoms with Gasteiger partial charge in [-0.3, -0.25) is 9.48 Å². The third-order valence-corrected chi connectivity index (χ3v) is 4.41. The number of phenolic OH excluding ortho intramolecular Hbond substituents is 1. The van der Waals surface area contributed by atoms with Crippen molar-refractivity contribution in [1.82, 2.24) is 15.2 Å². The van der Waals surface area contributed by atoms with E-state index in [1.807, 2.05) is 0 Å². The molecule has 7 nitrogen and oxygen atoms in total. The molecule has 2 aromatic carbocycles. The highest BCUT2D eigenvalue weighted by Gasteiger charge is 2.10. The number of hydrogen-bond donors (Lipinski definition) is 2. The number of rotatable bonds is 6. The average molecular weight is 419 g/mol. The molecular formula is C19H16Cl2N4O3. The van der Waals surface area contributed by atoms with Gasteiger partial charge in [-0.05, 0) is 42.0 Å². The molecule has 3 aromatic rings. The number of carbonyl (C=O) groups excluding carboxylic acids is 1. The van der Waals surface area contributed by atoms with Crippen molar-refractivity contribution in [2.75, 3.05) is 7.11 Å². The van der Waals surface area contributed by atoms with Gasteiger partial charge in [0.25, 0.3) is 5.91 Å². The first kappa shape index (κ1) is 19.7. The van der Waals surface area contributed by atoms with Gasteiger partial charge in [0.05, 0.1) is 19.9 Å². The number of hydrogen-bond acceptors (Lipinski definition) is 5. The molecule has 0 saturated carbocycles. The van der Waals surface area contributed by atoms with Crippen LogP contribution in [0.15, 0.2) is 53.8 Å². The van der Waals surface area contributed by atoms with E-state index in [1.165, 1.54) is 19.4 Å². The molecule has 1 aromatic heterocycles. The van der Waals surface area contributed by atoms with E-state index in [4.69, 9.17) is 27.9 Å². The summed E-state index contributed by atoms with van der Waals surface area (Å²) in [6.45, 7) is 0.393. The molecule has 0 aliphatic heterocycles. The predicted molar refractivity (Wildman–Crippen MR) is 108 cm³/mol. The van der Waals surface area contributed by atoms with Crippen molar-refractivity contribution in [3.63, 3.8) is 0 Å². The maximum atomic E-state index is 12.2. The van der Waals surface area contributed by atoms with Crippen LogP contribution in [0, 0.1) is 0 Å². The zero-order valence-electron chi connectivity index (χ0n) is 14.8. The van der Waals surface area contributed by atoms with Crippen LogP contribution in [-0.4, -0.2) is 34.1 Å². The number of hydrazone groups is 1. The van der Waals surface area contributed by atoms with Crippen LogP contribution in [0.25, 0.3) is 0 Å². The number of carbonyl (C=O) groups is 1. The zero-order valence-corrected chi connectivity index (χ0v) is 16.3. The highest BCUT2D eigenvalue weighted by Crippen LogP contribution is 2.22. The van der Waals surface area contributed by atoms with Gasteiger partial charge in [0.2, 0.25) is 0 Å². The van der Waals surface area contributed by atoms with Gasteiger partial charge in [0, 0.05) is 21.8 Å². The molecule has 0 atom stereocenters. The lowest BCUT2D eigenvalue weighted by molar-refractivity contribution is 0.0949. The Bertz CT molecular complexity index is 1030. The second-order valence-corrected chi connectivity index (χ2v) is 6.60. The van der Waals surface area contributed by atoms with Gasteiger partial charge in [-0.15, -0.1) is 0 Å². The number of amides is 1. The molecule has 0 radical (unpaired) electrons. The second kappa shape index (κ2) is 8.77. The van der Waals surface area contributed by atoms with E-state index in [9.17, 15) is 9.90 Å². The maximum absolute atomic E-state index is 12.2. The molecule has 0 spiro atoms. The van der Waals surface area contributed by atoms with Gasteiger partial charge in [-0.1, -0.05) is 29.3 Å². The van der Waals surface area contributed by atoms with E-state index in [2.05, 4.69) is 15.6 Å². The average Bonchev–Trinajstić information content (AvgIpc) is 3.14. The third kappa shape index (κ3) is 4.82. The predicted octanol–water partition coefficient (Wildman–Crippen LogP) is 3.72. The van der Waals surface area contributed by atoms with Crippen LogP contribution < -0.4 is 10.2 Å². The quantitative estimate of drug-likeness (QED) is 0.471. The van der Waals surface area contributed by atoms with Gasteiger partial charge in [0.1, 0.15) is 11.5 Å². The standard InChI is InChI=1S/C19H16Cl2N4O3/c1-28-15-4-5-18(26)13(8-15)10-22-23-19(27)17-6-7-25(24-17)11-12-2-3-14(20)9-16(12)21/h2-10,26H,11H2,1H3,(H,23,27)/b22-10-. The summed E-state index contributed by atoms with van der Waals surface area (Å²) in [4.78, 5) is 12.2. The first-order valence-electron chi connectivity index (χ1n) is 8.14. The Morgan fingerprint density at radius 1 is 1.29 bits per heavy atom. The summed E-state index contributed by atoms with van der Waals surface area (Å²) in [5.74, 6) is 0.0905. The minimum atomic E-state index is -0.486. The van der Waals surface area contributed by atoms with Gasteiger partial charge < -0.3 is 9.84 Å². The molecule has 144 valence electrons. The number of nitrogens with zero attached hydrogens (tertiary/aromatic N) is 3. The van der Waals surface area contributed by atoms with Gasteiger partial charge in [0.15, 0.2) is 5.69 Å². The topological polar surface area (TPSA) is 88.7 Å². The normalized spacial score (nSPS) is 11.0. The number of methoxy groups -OCH3 is 1. The number of nitrogens with one attached hydrogen (secondary N) is 1. The lowest BCUT2D eigenvalue weighted by Gasteiger charge is -2.05. The number of ether oxygens (including phenoxy) is 1. The second-order valence-electron chi connectivity index (χ2n) is 5.76. The van der Waals surface area contributed by atoms with Gasteiger partial charge in [-0.25, -0.2) is 5.43 Å². The van der Waals surface area contributed by atoms with Gasteiger partial charge >= 0.3 is 0 Å². The van der Waals surface area contributed by atoms with E-state index in [-0.39, 0.29) is 11.4 Å². The largest absolute Gasteiger partial charge is 0.507 e. The minimum Gasteiger partial charge on any atom is -0.507 e. The Morgan fingerprint density at radius 2 is 2.11 bits per heavy atom. The zero-order chi connectivity index (χ0) is 20.1. The molecule has 3 rings (SSSR count). The molecule has 0 aliphatic carbocycles. The fraction of sp³-hybridized carbons (Fsp3) is 0.105. The van der Waals surface area contributed by atoms with Crippen molar-refractivity contribution in [1.29, 1.82) is 0 Å². The van der Waals surface area contributed by atoms with Gasteiger partial charge in [-0.2, -0.15) is 10.2 Å². The Hall–Kier alpha value is -3.03. The summed E-state index contributed by atoms with van der Waals surface area (Å²) in [5, 5.41) is 18.9. The molecule has 2 N–H and O–H groups in total. The van der Waals surface area contributed by atoms with Crippen molar-refractivity contribution < 1.29 is 14.6 Å². The maximum Gasteiger partial charge on any atom is 0.291 e. The van der Waals surface area contributed by atoms with E-state index in [0.29, 0.717) is 27.9 Å². The van der Waals surface area contributed by atoms with E-state index >= 15 is 0 Å². The summed E-state index contributed by atoms with van der Waals surface area (Å²) >= 11 is 12.0. The van der Waals surface area contributed by atoms with Crippen LogP contribution in [0.2, 0.25) is 10.0 Å². The molecule has 0 unspecified atom stereocenters. The summed E-state index contributed by atoms with van der Waals surface area (Å²) in [6.07, 6.45) is 2.98. The Balaban J connectivity index is 1.64. The molecule has 0 bridgehead atoms. The number of benzene rings is 2. The van der Waals surface area contributed by atoms with Crippen LogP contribution in [0.5, 0.6) is 11.5 Å².